The molecular formula is C94H68F6O7S2. The minimum absolute atomic E-state index is 0.177. The minimum atomic E-state index is -5.72. The molecule has 2 heterocycles. The van der Waals surface area contributed by atoms with Crippen molar-refractivity contribution >= 4 is 51.7 Å². The first kappa shape index (κ1) is 72.7. The molecule has 16 rings (SSSR count). The van der Waals surface area contributed by atoms with E-state index < -0.39 is 46.8 Å². The lowest BCUT2D eigenvalue weighted by atomic mass is 9.32. The molecule has 0 saturated heterocycles. The summed E-state index contributed by atoms with van der Waals surface area (Å²) in [6, 6.07) is 72.2. The number of allylic oxidation sites excluding steroid dienone is 2. The van der Waals surface area contributed by atoms with Crippen molar-refractivity contribution in [1.82, 2.24) is 0 Å². The molecule has 11 aromatic rings. The van der Waals surface area contributed by atoms with Crippen LogP contribution in [0.2, 0.25) is 0 Å². The Kier molecular flexibility index (Phi) is 18.9. The first-order valence-electron chi connectivity index (χ1n) is 35.3. The molecule has 7 nitrogen and oxygen atoms in total. The smallest absolute Gasteiger partial charge is 0.380 e. The van der Waals surface area contributed by atoms with Gasteiger partial charge in [0, 0.05) is 75.2 Å². The van der Waals surface area contributed by atoms with E-state index in [2.05, 4.69) is 144 Å². The molecule has 0 N–H and O–H groups in total. The number of methoxy groups -OCH3 is 4. The standard InChI is InChI=1S/C94H68F6O7S2/c1-59-79(83-84(93(97,98)94(99,100)92(83,95)96)80-52-82(109-60(80)2)70-36-46-78(104-3)47-37-70)51-81(108-59)69-34-24-61(25-35-69)16-17-62-26-38-74(39-27-62)88-53-89(75-40-28-63(29-41-75)18-21-66-10-7-13-71(48-66)85(101)105-4)56-90(54-88,76-42-30-64(31-43-76)19-22-67-11-8-14-72(49-67)86(102)106-5)58-91(55-88,57-89)77-44-32-65(33-45-77)20-23-68-12-9-15-73(50-68)87(103)107-6/h7-15,24-52H,53-58H2,1-6H3. The number of halogens is 6. The van der Waals surface area contributed by atoms with E-state index in [1.807, 2.05) is 18.2 Å². The summed E-state index contributed by atoms with van der Waals surface area (Å²) < 4.78 is 117. The lowest BCUT2D eigenvalue weighted by Crippen LogP contribution is -2.67. The van der Waals surface area contributed by atoms with Crippen LogP contribution in [0.15, 0.2) is 231 Å². The van der Waals surface area contributed by atoms with Crippen LogP contribution in [0.1, 0.15) is 157 Å². The summed E-state index contributed by atoms with van der Waals surface area (Å²) in [5.74, 6) is 9.56. The maximum absolute atomic E-state index is 16.3. The van der Waals surface area contributed by atoms with Crippen LogP contribution in [0.25, 0.3) is 32.0 Å². The molecule has 0 radical (unpaired) electrons. The van der Waals surface area contributed by atoms with Gasteiger partial charge in [0.25, 0.3) is 0 Å². The van der Waals surface area contributed by atoms with Crippen molar-refractivity contribution in [3.63, 3.8) is 0 Å². The highest BCUT2D eigenvalue weighted by molar-refractivity contribution is 7.16. The molecular weight excluding hydrogens is 1420 g/mol. The van der Waals surface area contributed by atoms with Crippen molar-refractivity contribution in [1.29, 1.82) is 0 Å². The second-order valence-corrected chi connectivity index (χ2v) is 31.2. The summed E-state index contributed by atoms with van der Waals surface area (Å²) in [4.78, 5) is 38.6. The van der Waals surface area contributed by atoms with Crippen LogP contribution in [-0.2, 0) is 35.9 Å². The summed E-state index contributed by atoms with van der Waals surface area (Å²) in [7, 11) is 5.54. The van der Waals surface area contributed by atoms with Crippen molar-refractivity contribution in [2.45, 2.75) is 91.8 Å². The van der Waals surface area contributed by atoms with Gasteiger partial charge in [0.15, 0.2) is 0 Å². The van der Waals surface area contributed by atoms with E-state index in [1.165, 1.54) is 76.7 Å². The van der Waals surface area contributed by atoms with Gasteiger partial charge in [-0.05, 0) is 270 Å². The molecule has 4 saturated carbocycles. The van der Waals surface area contributed by atoms with Crippen LogP contribution in [0, 0.1) is 61.2 Å². The quantitative estimate of drug-likeness (QED) is 0.0521. The van der Waals surface area contributed by atoms with Gasteiger partial charge in [-0.1, -0.05) is 126 Å². The predicted octanol–water partition coefficient (Wildman–Crippen LogP) is 21.0. The molecule has 5 aliphatic rings. The molecule has 5 aliphatic carbocycles. The van der Waals surface area contributed by atoms with E-state index in [0.717, 1.165) is 83.5 Å². The zero-order valence-corrected chi connectivity index (χ0v) is 61.8. The third kappa shape index (κ3) is 13.4. The van der Waals surface area contributed by atoms with Crippen LogP contribution < -0.4 is 4.74 Å². The van der Waals surface area contributed by atoms with Crippen LogP contribution in [0.5, 0.6) is 5.75 Å². The van der Waals surface area contributed by atoms with Gasteiger partial charge >= 0.3 is 35.7 Å². The first-order chi connectivity index (χ1) is 52.4. The minimum Gasteiger partial charge on any atom is -0.497 e. The number of rotatable bonds is 12. The van der Waals surface area contributed by atoms with Gasteiger partial charge in [-0.3, -0.25) is 0 Å². The number of aryl methyl sites for hydroxylation is 2. The average Bonchev–Trinajstić information content (AvgIpc) is 1.35. The summed E-state index contributed by atoms with van der Waals surface area (Å²) in [5, 5.41) is 0. The van der Waals surface area contributed by atoms with Crippen LogP contribution in [-0.4, -0.2) is 64.1 Å². The topological polar surface area (TPSA) is 88.1 Å². The van der Waals surface area contributed by atoms with Crippen molar-refractivity contribution in [2.24, 2.45) is 0 Å². The molecule has 0 spiro atoms. The average molecular weight is 1490 g/mol. The Balaban J connectivity index is 0.778. The van der Waals surface area contributed by atoms with Gasteiger partial charge in [-0.2, -0.15) is 26.3 Å². The number of ether oxygens (including phenoxy) is 4. The Morgan fingerprint density at radius 2 is 0.587 bits per heavy atom. The van der Waals surface area contributed by atoms with Crippen LogP contribution in [0.4, 0.5) is 26.3 Å². The normalized spacial score (nSPS) is 20.0. The summed E-state index contributed by atoms with van der Waals surface area (Å²) in [6.45, 7) is 2.94. The van der Waals surface area contributed by atoms with E-state index in [-0.39, 0.29) is 42.5 Å². The molecule has 0 amide bonds. The highest BCUT2D eigenvalue weighted by Crippen LogP contribution is 2.75. The maximum atomic E-state index is 16.3. The Bertz CT molecular complexity index is 5430. The first-order valence-corrected chi connectivity index (χ1v) is 36.9. The summed E-state index contributed by atoms with van der Waals surface area (Å²) >= 11 is 2.11. The number of benzene rings is 9. The molecule has 4 fully saturated rings. The predicted molar refractivity (Wildman–Crippen MR) is 415 cm³/mol. The molecule has 4 bridgehead atoms. The number of thiophene rings is 2. The van der Waals surface area contributed by atoms with Gasteiger partial charge in [-0.15, -0.1) is 22.7 Å². The molecule has 540 valence electrons. The van der Waals surface area contributed by atoms with E-state index >= 15 is 26.3 Å². The summed E-state index contributed by atoms with van der Waals surface area (Å²) in [6.07, 6.45) is 5.12. The Labute approximate surface area is 636 Å². The number of hydrogen-bond donors (Lipinski definition) is 0. The van der Waals surface area contributed by atoms with Crippen molar-refractivity contribution in [2.75, 3.05) is 28.4 Å². The third-order valence-corrected chi connectivity index (χ3v) is 24.1. The summed E-state index contributed by atoms with van der Waals surface area (Å²) in [5.41, 5.74) is 8.10. The van der Waals surface area contributed by atoms with E-state index in [0.29, 0.717) is 65.6 Å². The largest absolute Gasteiger partial charge is 0.497 e. The second kappa shape index (κ2) is 28.4. The number of carbonyl (C=O) groups excluding carboxylic acids is 3. The van der Waals surface area contributed by atoms with Crippen molar-refractivity contribution in [3.8, 4) is 74.0 Å². The molecule has 0 aliphatic heterocycles. The lowest BCUT2D eigenvalue weighted by Gasteiger charge is -2.71. The molecule has 109 heavy (non-hydrogen) atoms. The van der Waals surface area contributed by atoms with Crippen molar-refractivity contribution < 1.29 is 59.7 Å². The van der Waals surface area contributed by atoms with Crippen molar-refractivity contribution in [3.05, 3.63) is 335 Å². The highest BCUT2D eigenvalue weighted by Gasteiger charge is 2.80. The maximum Gasteiger partial charge on any atom is 0.380 e. The number of alkyl halides is 6. The zero-order chi connectivity index (χ0) is 76.3. The monoisotopic (exact) mass is 1490 g/mol. The SMILES string of the molecule is COC(=O)c1cccc(C#Cc2ccc(C34CC5(c6ccc(C#Cc7ccc(-c8cc(C9=C(c%10cc(-c%11ccc(OC)cc%11)sc%10C)C(F)(F)C(F)(F)C9(F)F)c(C)s8)cc7)cc6)CC(c6ccc(C#Cc7cccc(C(=O)OC)c7)cc6)(C3)CC(c3ccc(C#Cc6cccc(C(=O)OC)c6)cc3)(C5)C4)cc2)c1. The Morgan fingerprint density at radius 3 is 0.853 bits per heavy atom. The van der Waals surface area contributed by atoms with E-state index in [4.69, 9.17) is 18.9 Å². The van der Waals surface area contributed by atoms with Gasteiger partial charge in [0.1, 0.15) is 5.75 Å². The van der Waals surface area contributed by atoms with Crippen LogP contribution in [0.3, 0.4) is 0 Å². The number of esters is 3. The molecule has 0 atom stereocenters. The van der Waals surface area contributed by atoms with E-state index in [9.17, 15) is 14.4 Å². The molecule has 0 unspecified atom stereocenters. The van der Waals surface area contributed by atoms with Gasteiger partial charge in [-0.25, -0.2) is 14.4 Å². The fourth-order valence-corrected chi connectivity index (χ4v) is 19.3. The van der Waals surface area contributed by atoms with E-state index in [1.54, 1.807) is 103 Å². The fraction of sp³-hybridized carbons (Fsp3) is 0.202. The molecule has 9 aromatic carbocycles. The number of hydrogen-bond acceptors (Lipinski definition) is 9. The lowest BCUT2D eigenvalue weighted by molar-refractivity contribution is -0.254. The Morgan fingerprint density at radius 1 is 0.330 bits per heavy atom. The fourth-order valence-electron chi connectivity index (χ4n) is 17.2. The van der Waals surface area contributed by atoms with Gasteiger partial charge in [0.05, 0.1) is 45.1 Å². The van der Waals surface area contributed by atoms with Crippen LogP contribution >= 0.6 is 22.7 Å². The second-order valence-electron chi connectivity index (χ2n) is 28.6. The number of carbonyl (C=O) groups is 3. The zero-order valence-electron chi connectivity index (χ0n) is 60.1. The Hall–Kier alpha value is -11.9. The highest BCUT2D eigenvalue weighted by atomic mass is 32.1. The third-order valence-electron chi connectivity index (χ3n) is 21.9. The van der Waals surface area contributed by atoms with Gasteiger partial charge in [0.2, 0.25) is 0 Å². The molecule has 15 heteroatoms. The molecule has 2 aromatic heterocycles. The van der Waals surface area contributed by atoms with Gasteiger partial charge < -0.3 is 18.9 Å².